The summed E-state index contributed by atoms with van der Waals surface area (Å²) in [6.07, 6.45) is 4.88. The largest absolute Gasteiger partial charge is 0.497 e. The highest BCUT2D eigenvalue weighted by molar-refractivity contribution is 7.92. The molecule has 0 heterocycles. The molecule has 218 valence electrons. The third-order valence-corrected chi connectivity index (χ3v) is 9.16. The van der Waals surface area contributed by atoms with Crippen molar-refractivity contribution in [1.29, 1.82) is 0 Å². The minimum absolute atomic E-state index is 0.000589. The van der Waals surface area contributed by atoms with Gasteiger partial charge < -0.3 is 15.0 Å². The first-order valence-electron chi connectivity index (χ1n) is 13.8. The molecule has 0 aromatic heterocycles. The average molecular weight is 582 g/mol. The Morgan fingerprint density at radius 2 is 1.66 bits per heavy atom. The maximum absolute atomic E-state index is 14.7. The molecule has 3 aromatic rings. The quantitative estimate of drug-likeness (QED) is 0.348. The van der Waals surface area contributed by atoms with E-state index in [1.807, 2.05) is 0 Å². The molecule has 10 heteroatoms. The molecular formula is C31H36FN3O5S. The van der Waals surface area contributed by atoms with Crippen molar-refractivity contribution in [2.75, 3.05) is 18.0 Å². The van der Waals surface area contributed by atoms with Crippen LogP contribution in [0.2, 0.25) is 0 Å². The van der Waals surface area contributed by atoms with Gasteiger partial charge in [-0.1, -0.05) is 61.7 Å². The highest BCUT2D eigenvalue weighted by Gasteiger charge is 2.33. The lowest BCUT2D eigenvalue weighted by atomic mass is 9.95. The van der Waals surface area contributed by atoms with Gasteiger partial charge in [-0.25, -0.2) is 12.8 Å². The van der Waals surface area contributed by atoms with Crippen LogP contribution in [-0.4, -0.2) is 50.9 Å². The number of rotatable bonds is 11. The Morgan fingerprint density at radius 1 is 0.976 bits per heavy atom. The normalized spacial score (nSPS) is 14.6. The zero-order valence-corrected chi connectivity index (χ0v) is 24.1. The van der Waals surface area contributed by atoms with Gasteiger partial charge in [0, 0.05) is 24.2 Å². The second kappa shape index (κ2) is 13.6. The van der Waals surface area contributed by atoms with Crippen molar-refractivity contribution in [2.24, 2.45) is 0 Å². The van der Waals surface area contributed by atoms with E-state index in [2.05, 4.69) is 5.32 Å². The molecule has 1 aliphatic carbocycles. The highest BCUT2D eigenvalue weighted by Crippen LogP contribution is 2.28. The zero-order chi connectivity index (χ0) is 29.4. The van der Waals surface area contributed by atoms with Crippen LogP contribution >= 0.6 is 0 Å². The van der Waals surface area contributed by atoms with E-state index in [1.165, 1.54) is 36.3 Å². The Hall–Kier alpha value is -3.92. The topological polar surface area (TPSA) is 96.0 Å². The molecule has 1 unspecified atom stereocenters. The summed E-state index contributed by atoms with van der Waals surface area (Å²) in [5.74, 6) is -1.12. The molecule has 0 spiro atoms. The van der Waals surface area contributed by atoms with E-state index in [1.54, 1.807) is 61.5 Å². The number of nitrogens with one attached hydrogen (secondary N) is 1. The maximum Gasteiger partial charge on any atom is 0.264 e. The van der Waals surface area contributed by atoms with Crippen LogP contribution in [-0.2, 0) is 26.2 Å². The molecule has 41 heavy (non-hydrogen) atoms. The number of carbonyl (C=O) groups is 2. The fraction of sp³-hybridized carbons (Fsp3) is 0.355. The Morgan fingerprint density at radius 3 is 2.34 bits per heavy atom. The number of methoxy groups -OCH3 is 1. The number of halogens is 1. The van der Waals surface area contributed by atoms with Gasteiger partial charge in [0.1, 0.15) is 24.2 Å². The smallest absolute Gasteiger partial charge is 0.264 e. The average Bonchev–Trinajstić information content (AvgIpc) is 2.99. The minimum atomic E-state index is -4.20. The fourth-order valence-corrected chi connectivity index (χ4v) is 6.40. The van der Waals surface area contributed by atoms with Crippen molar-refractivity contribution >= 4 is 27.5 Å². The number of anilines is 1. The first-order chi connectivity index (χ1) is 19.7. The second-order valence-electron chi connectivity index (χ2n) is 10.2. The number of ether oxygens (including phenoxy) is 1. The van der Waals surface area contributed by atoms with Gasteiger partial charge in [0.2, 0.25) is 11.8 Å². The Balaban J connectivity index is 1.69. The van der Waals surface area contributed by atoms with E-state index in [4.69, 9.17) is 4.74 Å². The van der Waals surface area contributed by atoms with Crippen molar-refractivity contribution in [3.8, 4) is 5.75 Å². The standard InChI is InChI=1S/C31H36FN3O5S/c1-23(31(37)33-25-13-5-3-6-14-25)34(21-24-12-9-10-19-29(24)32)30(36)22-35(26-15-11-16-27(20-26)40-2)41(38,39)28-17-7-4-8-18-28/h4,7-12,15-20,23,25H,3,5-6,13-14,21-22H2,1-2H3,(H,33,37). The number of carbonyl (C=O) groups excluding carboxylic acids is 2. The SMILES string of the molecule is COc1cccc(N(CC(=O)N(Cc2ccccc2F)C(C)C(=O)NC2CCCCC2)S(=O)(=O)c2ccccc2)c1. The molecule has 0 bridgehead atoms. The molecule has 1 aliphatic rings. The first kappa shape index (κ1) is 30.0. The second-order valence-corrected chi connectivity index (χ2v) is 12.0. The van der Waals surface area contributed by atoms with Gasteiger partial charge in [0.05, 0.1) is 17.7 Å². The summed E-state index contributed by atoms with van der Waals surface area (Å²) in [6, 6.07) is 19.2. The summed E-state index contributed by atoms with van der Waals surface area (Å²) in [6.45, 7) is 0.764. The van der Waals surface area contributed by atoms with Crippen LogP contribution in [0.5, 0.6) is 5.75 Å². The van der Waals surface area contributed by atoms with E-state index in [9.17, 15) is 22.4 Å². The van der Waals surface area contributed by atoms with Gasteiger partial charge in [-0.2, -0.15) is 0 Å². The minimum Gasteiger partial charge on any atom is -0.497 e. The molecule has 8 nitrogen and oxygen atoms in total. The van der Waals surface area contributed by atoms with E-state index in [0.29, 0.717) is 5.75 Å². The lowest BCUT2D eigenvalue weighted by Crippen LogP contribution is -2.53. The van der Waals surface area contributed by atoms with E-state index < -0.39 is 34.3 Å². The number of hydrogen-bond acceptors (Lipinski definition) is 5. The number of amides is 2. The molecule has 1 N–H and O–H groups in total. The van der Waals surface area contributed by atoms with Crippen LogP contribution in [0.3, 0.4) is 0 Å². The predicted octanol–water partition coefficient (Wildman–Crippen LogP) is 4.90. The molecular weight excluding hydrogens is 545 g/mol. The Kier molecular flexibility index (Phi) is 9.99. The van der Waals surface area contributed by atoms with Crippen LogP contribution in [0.15, 0.2) is 83.8 Å². The molecule has 4 rings (SSSR count). The summed E-state index contributed by atoms with van der Waals surface area (Å²) < 4.78 is 48.7. The maximum atomic E-state index is 14.7. The molecule has 1 fully saturated rings. The van der Waals surface area contributed by atoms with E-state index in [0.717, 1.165) is 36.4 Å². The summed E-state index contributed by atoms with van der Waals surface area (Å²) in [5.41, 5.74) is 0.434. The van der Waals surface area contributed by atoms with Crippen molar-refractivity contribution < 1.29 is 27.1 Å². The number of sulfonamides is 1. The van der Waals surface area contributed by atoms with Gasteiger partial charge in [-0.3, -0.25) is 13.9 Å². The van der Waals surface area contributed by atoms with Crippen LogP contribution in [0.4, 0.5) is 10.1 Å². The van der Waals surface area contributed by atoms with Gasteiger partial charge >= 0.3 is 0 Å². The number of hydrogen-bond donors (Lipinski definition) is 1. The number of nitrogens with zero attached hydrogens (tertiary/aromatic N) is 2. The zero-order valence-electron chi connectivity index (χ0n) is 23.3. The Labute approximate surface area is 241 Å². The summed E-state index contributed by atoms with van der Waals surface area (Å²) in [7, 11) is -2.74. The predicted molar refractivity (Wildman–Crippen MR) is 155 cm³/mol. The lowest BCUT2D eigenvalue weighted by Gasteiger charge is -2.33. The summed E-state index contributed by atoms with van der Waals surface area (Å²) in [4.78, 5) is 28.6. The first-order valence-corrected chi connectivity index (χ1v) is 15.2. The van der Waals surface area contributed by atoms with Gasteiger partial charge in [0.25, 0.3) is 10.0 Å². The third-order valence-electron chi connectivity index (χ3n) is 7.37. The molecule has 1 atom stereocenters. The Bertz CT molecular complexity index is 1440. The monoisotopic (exact) mass is 581 g/mol. The molecule has 0 saturated heterocycles. The van der Waals surface area contributed by atoms with Crippen LogP contribution in [0.25, 0.3) is 0 Å². The molecule has 2 amide bonds. The summed E-state index contributed by atoms with van der Waals surface area (Å²) in [5, 5.41) is 3.04. The van der Waals surface area contributed by atoms with E-state index in [-0.39, 0.29) is 34.6 Å². The molecule has 3 aromatic carbocycles. The van der Waals surface area contributed by atoms with Gasteiger partial charge in [0.15, 0.2) is 0 Å². The van der Waals surface area contributed by atoms with Crippen molar-refractivity contribution in [3.63, 3.8) is 0 Å². The summed E-state index contributed by atoms with van der Waals surface area (Å²) >= 11 is 0. The van der Waals surface area contributed by atoms with Crippen LogP contribution < -0.4 is 14.4 Å². The molecule has 0 aliphatic heterocycles. The van der Waals surface area contributed by atoms with Crippen molar-refractivity contribution in [2.45, 2.75) is 62.6 Å². The fourth-order valence-electron chi connectivity index (χ4n) is 4.98. The lowest BCUT2D eigenvalue weighted by molar-refractivity contribution is -0.139. The molecule has 1 saturated carbocycles. The molecule has 0 radical (unpaired) electrons. The van der Waals surface area contributed by atoms with Gasteiger partial charge in [-0.15, -0.1) is 0 Å². The van der Waals surface area contributed by atoms with Gasteiger partial charge in [-0.05, 0) is 50.1 Å². The third kappa shape index (κ3) is 7.43. The number of benzene rings is 3. The highest BCUT2D eigenvalue weighted by atomic mass is 32.2. The van der Waals surface area contributed by atoms with Crippen molar-refractivity contribution in [3.05, 3.63) is 90.2 Å². The van der Waals surface area contributed by atoms with Crippen LogP contribution in [0, 0.1) is 5.82 Å². The van der Waals surface area contributed by atoms with E-state index >= 15 is 0 Å². The van der Waals surface area contributed by atoms with Crippen LogP contribution in [0.1, 0.15) is 44.6 Å². The van der Waals surface area contributed by atoms with Crippen molar-refractivity contribution in [1.82, 2.24) is 10.2 Å².